The number of fused-ring (bicyclic) bond motifs is 1. The number of hydrogen-bond donors (Lipinski definition) is 1. The lowest BCUT2D eigenvalue weighted by Gasteiger charge is -2.23. The first-order valence-electron chi connectivity index (χ1n) is 7.16. The molecule has 6 heteroatoms. The summed E-state index contributed by atoms with van der Waals surface area (Å²) in [5, 5.41) is 3.77. The van der Waals surface area contributed by atoms with E-state index in [9.17, 15) is 9.18 Å². The van der Waals surface area contributed by atoms with Crippen LogP contribution in [0.5, 0.6) is 0 Å². The molecule has 1 atom stereocenters. The molecule has 0 saturated carbocycles. The van der Waals surface area contributed by atoms with E-state index in [4.69, 9.17) is 4.74 Å². The van der Waals surface area contributed by atoms with Gasteiger partial charge in [0.05, 0.1) is 10.7 Å². The maximum absolute atomic E-state index is 13.5. The monoisotopic (exact) mass is 324 g/mol. The first kappa shape index (κ1) is 16.8. The van der Waals surface area contributed by atoms with E-state index >= 15 is 0 Å². The molecular formula is C16H21FN2O2S. The van der Waals surface area contributed by atoms with Crippen molar-refractivity contribution in [1.29, 1.82) is 0 Å². The van der Waals surface area contributed by atoms with Crippen LogP contribution in [0, 0.1) is 5.82 Å². The van der Waals surface area contributed by atoms with Crippen LogP contribution in [0.4, 0.5) is 14.9 Å². The Morgan fingerprint density at radius 1 is 1.41 bits per heavy atom. The Kier molecular flexibility index (Phi) is 5.11. The van der Waals surface area contributed by atoms with Crippen LogP contribution in [0.15, 0.2) is 23.2 Å². The molecule has 0 aromatic heterocycles. The zero-order valence-corrected chi connectivity index (χ0v) is 14.1. The van der Waals surface area contributed by atoms with Gasteiger partial charge in [0.2, 0.25) is 0 Å². The highest BCUT2D eigenvalue weighted by Crippen LogP contribution is 2.28. The zero-order valence-electron chi connectivity index (χ0n) is 13.3. The van der Waals surface area contributed by atoms with Gasteiger partial charge >= 0.3 is 6.09 Å². The van der Waals surface area contributed by atoms with Crippen LogP contribution in [0.1, 0.15) is 32.8 Å². The van der Waals surface area contributed by atoms with Crippen molar-refractivity contribution < 1.29 is 13.9 Å². The maximum atomic E-state index is 13.5. The predicted octanol–water partition coefficient (Wildman–Crippen LogP) is 4.06. The van der Waals surface area contributed by atoms with E-state index in [2.05, 4.69) is 10.3 Å². The summed E-state index contributed by atoms with van der Waals surface area (Å²) in [4.78, 5) is 16.5. The third-order valence-corrected chi connectivity index (χ3v) is 3.86. The van der Waals surface area contributed by atoms with Crippen LogP contribution in [-0.2, 0) is 11.2 Å². The standard InChI is InChI=1S/C16H21FN2O2S/c1-16(2,3)21-15(20)18-12-8-10-7-11(17)5-6-13(10)19-14(9-12)22-4/h5-7,12H,8-9H2,1-4H3,(H,18,20). The zero-order chi connectivity index (χ0) is 16.3. The number of amides is 1. The molecule has 1 aliphatic rings. The molecule has 1 aliphatic heterocycles. The number of aliphatic imine (C=N–C) groups is 1. The van der Waals surface area contributed by atoms with Gasteiger partial charge in [-0.25, -0.2) is 14.2 Å². The number of alkyl carbamates (subject to hydrolysis) is 1. The number of hydrogen-bond acceptors (Lipinski definition) is 4. The number of ether oxygens (including phenoxy) is 1. The van der Waals surface area contributed by atoms with E-state index in [0.29, 0.717) is 12.8 Å². The van der Waals surface area contributed by atoms with Gasteiger partial charge in [0.1, 0.15) is 11.4 Å². The Bertz CT molecular complexity index is 596. The average molecular weight is 324 g/mol. The quantitative estimate of drug-likeness (QED) is 0.847. The van der Waals surface area contributed by atoms with Gasteiger partial charge in [-0.1, -0.05) is 0 Å². The van der Waals surface area contributed by atoms with Crippen molar-refractivity contribution in [2.75, 3.05) is 6.26 Å². The molecule has 0 aliphatic carbocycles. The van der Waals surface area contributed by atoms with E-state index in [1.165, 1.54) is 23.9 Å². The summed E-state index contributed by atoms with van der Waals surface area (Å²) in [5.74, 6) is -0.294. The van der Waals surface area contributed by atoms with Crippen LogP contribution in [-0.4, -0.2) is 29.0 Å². The van der Waals surface area contributed by atoms with E-state index in [1.54, 1.807) is 6.07 Å². The molecule has 120 valence electrons. The van der Waals surface area contributed by atoms with Gasteiger partial charge in [-0.3, -0.25) is 0 Å². The summed E-state index contributed by atoms with van der Waals surface area (Å²) >= 11 is 1.53. The van der Waals surface area contributed by atoms with Gasteiger partial charge in [-0.2, -0.15) is 0 Å². The highest BCUT2D eigenvalue weighted by atomic mass is 32.2. The second kappa shape index (κ2) is 6.69. The Balaban J connectivity index is 2.17. The lowest BCUT2D eigenvalue weighted by atomic mass is 10.0. The molecule has 22 heavy (non-hydrogen) atoms. The second-order valence-corrected chi connectivity index (χ2v) is 7.11. The van der Waals surface area contributed by atoms with E-state index in [1.807, 2.05) is 27.0 Å². The van der Waals surface area contributed by atoms with E-state index in [0.717, 1.165) is 16.3 Å². The lowest BCUT2D eigenvalue weighted by molar-refractivity contribution is 0.0506. The average Bonchev–Trinajstić information content (AvgIpc) is 2.54. The third kappa shape index (κ3) is 4.73. The van der Waals surface area contributed by atoms with Crippen LogP contribution in [0.25, 0.3) is 0 Å². The first-order chi connectivity index (χ1) is 10.3. The van der Waals surface area contributed by atoms with Gasteiger partial charge in [-0.05, 0) is 57.2 Å². The summed E-state index contributed by atoms with van der Waals surface area (Å²) in [6.07, 6.45) is 2.62. The topological polar surface area (TPSA) is 50.7 Å². The Hall–Kier alpha value is -1.56. The fraction of sp³-hybridized carbons (Fsp3) is 0.500. The minimum absolute atomic E-state index is 0.163. The highest BCUT2D eigenvalue weighted by molar-refractivity contribution is 8.13. The Morgan fingerprint density at radius 2 is 2.14 bits per heavy atom. The van der Waals surface area contributed by atoms with Gasteiger partial charge < -0.3 is 10.1 Å². The molecule has 1 N–H and O–H groups in total. The van der Waals surface area contributed by atoms with Crippen molar-refractivity contribution in [2.45, 2.75) is 45.3 Å². The van der Waals surface area contributed by atoms with Crippen molar-refractivity contribution in [3.63, 3.8) is 0 Å². The number of thioether (sulfide) groups is 1. The normalized spacial score (nSPS) is 18.0. The number of carbonyl (C=O) groups is 1. The van der Waals surface area contributed by atoms with Gasteiger partial charge in [-0.15, -0.1) is 11.8 Å². The molecule has 4 nitrogen and oxygen atoms in total. The van der Waals surface area contributed by atoms with Gasteiger partial charge in [0.15, 0.2) is 0 Å². The van der Waals surface area contributed by atoms with Crippen LogP contribution in [0.2, 0.25) is 0 Å². The fourth-order valence-electron chi connectivity index (χ4n) is 2.26. The molecule has 0 saturated heterocycles. The summed E-state index contributed by atoms with van der Waals surface area (Å²) in [6, 6.07) is 4.40. The van der Waals surface area contributed by atoms with Crippen LogP contribution < -0.4 is 5.32 Å². The maximum Gasteiger partial charge on any atom is 0.407 e. The molecule has 1 heterocycles. The molecule has 0 radical (unpaired) electrons. The Morgan fingerprint density at radius 3 is 2.77 bits per heavy atom. The SMILES string of the molecule is CSC1=Nc2ccc(F)cc2CC(NC(=O)OC(C)(C)C)C1. The van der Waals surface area contributed by atoms with Gasteiger partial charge in [0, 0.05) is 12.5 Å². The summed E-state index contributed by atoms with van der Waals surface area (Å²) in [5.41, 5.74) is 1.01. The van der Waals surface area contributed by atoms with Crippen LogP contribution in [0.3, 0.4) is 0 Å². The number of carbonyl (C=O) groups excluding carboxylic acids is 1. The molecule has 2 rings (SSSR count). The van der Waals surface area contributed by atoms with Crippen molar-refractivity contribution >= 4 is 28.6 Å². The highest BCUT2D eigenvalue weighted by Gasteiger charge is 2.24. The number of benzene rings is 1. The second-order valence-electron chi connectivity index (χ2n) is 6.23. The number of nitrogens with one attached hydrogen (secondary N) is 1. The number of nitrogens with zero attached hydrogens (tertiary/aromatic N) is 1. The number of halogens is 1. The fourth-order valence-corrected chi connectivity index (χ4v) is 2.82. The van der Waals surface area contributed by atoms with E-state index in [-0.39, 0.29) is 11.9 Å². The first-order valence-corrected chi connectivity index (χ1v) is 8.39. The summed E-state index contributed by atoms with van der Waals surface area (Å²) in [6.45, 7) is 5.46. The Labute approximate surface area is 134 Å². The molecule has 0 bridgehead atoms. The molecule has 1 unspecified atom stereocenters. The smallest absolute Gasteiger partial charge is 0.407 e. The summed E-state index contributed by atoms with van der Waals surface area (Å²) in [7, 11) is 0. The largest absolute Gasteiger partial charge is 0.444 e. The number of rotatable bonds is 1. The van der Waals surface area contributed by atoms with Crippen molar-refractivity contribution in [3.8, 4) is 0 Å². The molecule has 0 fully saturated rings. The van der Waals surface area contributed by atoms with Gasteiger partial charge in [0.25, 0.3) is 0 Å². The minimum Gasteiger partial charge on any atom is -0.444 e. The molecule has 1 aromatic rings. The lowest BCUT2D eigenvalue weighted by Crippen LogP contribution is -2.40. The van der Waals surface area contributed by atoms with E-state index < -0.39 is 11.7 Å². The minimum atomic E-state index is -0.546. The van der Waals surface area contributed by atoms with Crippen molar-refractivity contribution in [2.24, 2.45) is 4.99 Å². The predicted molar refractivity (Wildman–Crippen MR) is 88.5 cm³/mol. The molecular weight excluding hydrogens is 303 g/mol. The van der Waals surface area contributed by atoms with Crippen molar-refractivity contribution in [1.82, 2.24) is 5.32 Å². The molecule has 1 aromatic carbocycles. The molecule has 1 amide bonds. The third-order valence-electron chi connectivity index (χ3n) is 3.13. The molecule has 0 spiro atoms. The summed E-state index contributed by atoms with van der Waals surface area (Å²) < 4.78 is 18.7. The van der Waals surface area contributed by atoms with Crippen LogP contribution >= 0.6 is 11.8 Å². The van der Waals surface area contributed by atoms with Crippen molar-refractivity contribution in [3.05, 3.63) is 29.6 Å².